The lowest BCUT2D eigenvalue weighted by Gasteiger charge is -2.34. The fourth-order valence-corrected chi connectivity index (χ4v) is 3.28. The summed E-state index contributed by atoms with van der Waals surface area (Å²) in [7, 11) is 0. The standard InChI is InChI=1S/C18H23N3/c1-2-17-12-16(5-6-18(17)19-7-1)14-21-10-8-20(9-11-21)13-15-3-4-15/h1-2,5-7,12,15H,3-4,8-11,13-14H2. The molecular weight excluding hydrogens is 258 g/mol. The van der Waals surface area contributed by atoms with Gasteiger partial charge in [0.1, 0.15) is 0 Å². The first-order chi connectivity index (χ1) is 10.4. The lowest BCUT2D eigenvalue weighted by atomic mass is 10.1. The van der Waals surface area contributed by atoms with Crippen LogP contribution in [0.4, 0.5) is 0 Å². The third kappa shape index (κ3) is 3.25. The van der Waals surface area contributed by atoms with Crippen molar-refractivity contribution in [2.75, 3.05) is 32.7 Å². The molecule has 0 radical (unpaired) electrons. The molecule has 0 unspecified atom stereocenters. The van der Waals surface area contributed by atoms with Crippen molar-refractivity contribution < 1.29 is 0 Å². The van der Waals surface area contributed by atoms with Gasteiger partial charge < -0.3 is 4.90 Å². The molecule has 2 fully saturated rings. The Balaban J connectivity index is 1.36. The van der Waals surface area contributed by atoms with Crippen LogP contribution in [-0.2, 0) is 6.54 Å². The molecule has 1 aliphatic carbocycles. The minimum atomic E-state index is 1.02. The molecule has 21 heavy (non-hydrogen) atoms. The molecule has 1 saturated carbocycles. The van der Waals surface area contributed by atoms with Gasteiger partial charge in [-0.15, -0.1) is 0 Å². The number of rotatable bonds is 4. The first-order valence-electron chi connectivity index (χ1n) is 8.15. The smallest absolute Gasteiger partial charge is 0.0702 e. The van der Waals surface area contributed by atoms with E-state index in [1.165, 1.54) is 56.5 Å². The van der Waals surface area contributed by atoms with Crippen LogP contribution in [0.1, 0.15) is 18.4 Å². The average molecular weight is 281 g/mol. The Kier molecular flexibility index (Phi) is 3.62. The van der Waals surface area contributed by atoms with E-state index in [0.29, 0.717) is 0 Å². The van der Waals surface area contributed by atoms with Crippen molar-refractivity contribution >= 4 is 10.9 Å². The summed E-state index contributed by atoms with van der Waals surface area (Å²) in [4.78, 5) is 9.63. The number of pyridine rings is 1. The van der Waals surface area contributed by atoms with Crippen molar-refractivity contribution in [1.82, 2.24) is 14.8 Å². The lowest BCUT2D eigenvalue weighted by molar-refractivity contribution is 0.123. The predicted octanol–water partition coefficient (Wildman–Crippen LogP) is 2.76. The van der Waals surface area contributed by atoms with Crippen LogP contribution in [-0.4, -0.2) is 47.5 Å². The fourth-order valence-electron chi connectivity index (χ4n) is 3.28. The van der Waals surface area contributed by atoms with Gasteiger partial charge >= 0.3 is 0 Å². The summed E-state index contributed by atoms with van der Waals surface area (Å²) in [5, 5.41) is 1.25. The van der Waals surface area contributed by atoms with Crippen molar-refractivity contribution in [3.05, 3.63) is 42.1 Å². The largest absolute Gasteiger partial charge is 0.301 e. The summed E-state index contributed by atoms with van der Waals surface area (Å²) in [6, 6.07) is 10.8. The molecule has 3 nitrogen and oxygen atoms in total. The summed E-state index contributed by atoms with van der Waals surface area (Å²) < 4.78 is 0. The monoisotopic (exact) mass is 281 g/mol. The minimum absolute atomic E-state index is 1.02. The maximum absolute atomic E-state index is 4.39. The van der Waals surface area contributed by atoms with Crippen LogP contribution < -0.4 is 0 Å². The van der Waals surface area contributed by atoms with E-state index in [9.17, 15) is 0 Å². The second-order valence-corrected chi connectivity index (χ2v) is 6.55. The highest BCUT2D eigenvalue weighted by Gasteiger charge is 2.26. The van der Waals surface area contributed by atoms with Gasteiger partial charge in [-0.1, -0.05) is 12.1 Å². The number of hydrogen-bond donors (Lipinski definition) is 0. The fraction of sp³-hybridized carbons (Fsp3) is 0.500. The second kappa shape index (κ2) is 5.74. The summed E-state index contributed by atoms with van der Waals surface area (Å²) >= 11 is 0. The SMILES string of the molecule is c1cnc2ccc(CN3CCN(CC4CC4)CC3)cc2c1. The molecule has 110 valence electrons. The van der Waals surface area contributed by atoms with E-state index in [-0.39, 0.29) is 0 Å². The van der Waals surface area contributed by atoms with Gasteiger partial charge in [0.2, 0.25) is 0 Å². The Morgan fingerprint density at radius 3 is 2.62 bits per heavy atom. The summed E-state index contributed by atoms with van der Waals surface area (Å²) in [5.74, 6) is 1.02. The third-order valence-corrected chi connectivity index (χ3v) is 4.75. The van der Waals surface area contributed by atoms with Crippen LogP contribution in [0.25, 0.3) is 10.9 Å². The van der Waals surface area contributed by atoms with Crippen molar-refractivity contribution in [2.45, 2.75) is 19.4 Å². The van der Waals surface area contributed by atoms with E-state index < -0.39 is 0 Å². The highest BCUT2D eigenvalue weighted by atomic mass is 15.3. The van der Waals surface area contributed by atoms with Crippen molar-refractivity contribution in [2.24, 2.45) is 5.92 Å². The van der Waals surface area contributed by atoms with Crippen LogP contribution in [0.3, 0.4) is 0 Å². The van der Waals surface area contributed by atoms with E-state index in [1.807, 2.05) is 12.3 Å². The quantitative estimate of drug-likeness (QED) is 0.859. The predicted molar refractivity (Wildman–Crippen MR) is 86.2 cm³/mol. The first-order valence-corrected chi connectivity index (χ1v) is 8.15. The van der Waals surface area contributed by atoms with Gasteiger partial charge in [0.15, 0.2) is 0 Å². The molecule has 1 aliphatic heterocycles. The molecule has 0 amide bonds. The summed E-state index contributed by atoms with van der Waals surface area (Å²) in [6.07, 6.45) is 4.79. The van der Waals surface area contributed by atoms with Gasteiger partial charge in [0, 0.05) is 50.9 Å². The topological polar surface area (TPSA) is 19.4 Å². The third-order valence-electron chi connectivity index (χ3n) is 4.75. The Bertz CT molecular complexity index is 613. The van der Waals surface area contributed by atoms with Crippen molar-refractivity contribution in [1.29, 1.82) is 0 Å². The zero-order valence-corrected chi connectivity index (χ0v) is 12.5. The maximum atomic E-state index is 4.39. The minimum Gasteiger partial charge on any atom is -0.301 e. The maximum Gasteiger partial charge on any atom is 0.0702 e. The number of aromatic nitrogens is 1. The molecule has 1 saturated heterocycles. The van der Waals surface area contributed by atoms with E-state index in [0.717, 1.165) is 18.0 Å². The molecule has 2 aliphatic rings. The Morgan fingerprint density at radius 2 is 1.81 bits per heavy atom. The Hall–Kier alpha value is -1.45. The van der Waals surface area contributed by atoms with Gasteiger partial charge in [-0.25, -0.2) is 0 Å². The van der Waals surface area contributed by atoms with Crippen LogP contribution in [0.15, 0.2) is 36.5 Å². The molecule has 2 heterocycles. The number of piperazine rings is 1. The van der Waals surface area contributed by atoms with E-state index in [2.05, 4.69) is 39.0 Å². The van der Waals surface area contributed by atoms with Crippen molar-refractivity contribution in [3.8, 4) is 0 Å². The van der Waals surface area contributed by atoms with Crippen molar-refractivity contribution in [3.63, 3.8) is 0 Å². The van der Waals surface area contributed by atoms with Gasteiger partial charge in [0.05, 0.1) is 5.52 Å². The molecule has 0 N–H and O–H groups in total. The second-order valence-electron chi connectivity index (χ2n) is 6.55. The van der Waals surface area contributed by atoms with E-state index >= 15 is 0 Å². The molecule has 4 rings (SSSR count). The van der Waals surface area contributed by atoms with Crippen LogP contribution >= 0.6 is 0 Å². The molecule has 1 aromatic carbocycles. The lowest BCUT2D eigenvalue weighted by Crippen LogP contribution is -2.46. The first kappa shape index (κ1) is 13.2. The molecule has 0 bridgehead atoms. The van der Waals surface area contributed by atoms with Gasteiger partial charge in [-0.3, -0.25) is 9.88 Å². The molecule has 3 heteroatoms. The van der Waals surface area contributed by atoms with E-state index in [4.69, 9.17) is 0 Å². The Labute approximate surface area is 126 Å². The van der Waals surface area contributed by atoms with Crippen LogP contribution in [0.5, 0.6) is 0 Å². The normalized spacial score (nSPS) is 21.0. The molecular formula is C18H23N3. The number of nitrogens with zero attached hydrogens (tertiary/aromatic N) is 3. The highest BCUT2D eigenvalue weighted by molar-refractivity contribution is 5.78. The van der Waals surface area contributed by atoms with Crippen LogP contribution in [0, 0.1) is 5.92 Å². The van der Waals surface area contributed by atoms with Gasteiger partial charge in [-0.2, -0.15) is 0 Å². The number of hydrogen-bond acceptors (Lipinski definition) is 3. The zero-order chi connectivity index (χ0) is 14.1. The molecule has 0 atom stereocenters. The average Bonchev–Trinajstić information content (AvgIpc) is 3.33. The summed E-state index contributed by atoms with van der Waals surface area (Å²) in [5.41, 5.74) is 2.50. The summed E-state index contributed by atoms with van der Waals surface area (Å²) in [6.45, 7) is 7.31. The van der Waals surface area contributed by atoms with Crippen LogP contribution in [0.2, 0.25) is 0 Å². The zero-order valence-electron chi connectivity index (χ0n) is 12.5. The highest BCUT2D eigenvalue weighted by Crippen LogP contribution is 2.30. The number of fused-ring (bicyclic) bond motifs is 1. The Morgan fingerprint density at radius 1 is 1.00 bits per heavy atom. The number of benzene rings is 1. The van der Waals surface area contributed by atoms with Gasteiger partial charge in [0.25, 0.3) is 0 Å². The van der Waals surface area contributed by atoms with E-state index in [1.54, 1.807) is 0 Å². The molecule has 2 aromatic rings. The molecule has 0 spiro atoms. The van der Waals surface area contributed by atoms with Gasteiger partial charge in [-0.05, 0) is 42.5 Å². The molecule has 1 aromatic heterocycles.